The summed E-state index contributed by atoms with van der Waals surface area (Å²) >= 11 is 0. The molecule has 1 aromatic rings. The second-order valence-electron chi connectivity index (χ2n) is 2.66. The summed E-state index contributed by atoms with van der Waals surface area (Å²) in [6.45, 7) is 0.0343. The lowest BCUT2D eigenvalue weighted by atomic mass is 10.2. The minimum Gasteiger partial charge on any atom is -0.497 e. The summed E-state index contributed by atoms with van der Waals surface area (Å²) in [5.41, 5.74) is 0.0320. The Kier molecular flexibility index (Phi) is 3.58. The highest BCUT2D eigenvalue weighted by molar-refractivity contribution is 5.91. The second kappa shape index (κ2) is 4.91. The second-order valence-corrected chi connectivity index (χ2v) is 2.66. The van der Waals surface area contributed by atoms with Crippen LogP contribution < -0.4 is 9.47 Å². The number of carboxylic acid groups (broad SMARTS) is 1. The molecular formula is C11H10O4. The molecule has 0 atom stereocenters. The molecule has 1 aromatic carbocycles. The van der Waals surface area contributed by atoms with Gasteiger partial charge in [0.1, 0.15) is 23.7 Å². The predicted molar refractivity (Wildman–Crippen MR) is 54.3 cm³/mol. The average molecular weight is 206 g/mol. The molecule has 0 heterocycles. The van der Waals surface area contributed by atoms with E-state index >= 15 is 0 Å². The van der Waals surface area contributed by atoms with Crippen LogP contribution in [0.4, 0.5) is 0 Å². The van der Waals surface area contributed by atoms with Crippen LogP contribution in [0.1, 0.15) is 10.4 Å². The first-order valence-corrected chi connectivity index (χ1v) is 4.16. The number of benzene rings is 1. The van der Waals surface area contributed by atoms with Crippen molar-refractivity contribution in [3.63, 3.8) is 0 Å². The van der Waals surface area contributed by atoms with Crippen LogP contribution in [-0.4, -0.2) is 24.8 Å². The first-order valence-electron chi connectivity index (χ1n) is 4.16. The third-order valence-electron chi connectivity index (χ3n) is 1.73. The number of carboxylic acids is 1. The summed E-state index contributed by atoms with van der Waals surface area (Å²) in [7, 11) is 1.46. The Morgan fingerprint density at radius 1 is 1.60 bits per heavy atom. The molecule has 1 N–H and O–H groups in total. The standard InChI is InChI=1S/C11H10O4/c1-3-6-15-10-5-4-8(14-2)7-9(10)11(12)13/h1,4-5,7H,6H2,2H3,(H,12,13). The number of ether oxygens (including phenoxy) is 2. The molecule has 4 heteroatoms. The smallest absolute Gasteiger partial charge is 0.339 e. The lowest BCUT2D eigenvalue weighted by molar-refractivity contribution is 0.0692. The maximum absolute atomic E-state index is 10.9. The van der Waals surface area contributed by atoms with Crippen molar-refractivity contribution < 1.29 is 19.4 Å². The van der Waals surface area contributed by atoms with Crippen LogP contribution in [0.3, 0.4) is 0 Å². The Balaban J connectivity index is 3.05. The molecule has 0 saturated carbocycles. The van der Waals surface area contributed by atoms with Crippen LogP contribution in [0.2, 0.25) is 0 Å². The first-order chi connectivity index (χ1) is 7.19. The zero-order valence-corrected chi connectivity index (χ0v) is 8.19. The Labute approximate surface area is 87.4 Å². The molecule has 0 aliphatic heterocycles. The van der Waals surface area contributed by atoms with Gasteiger partial charge in [0, 0.05) is 0 Å². The average Bonchev–Trinajstić information content (AvgIpc) is 2.26. The highest BCUT2D eigenvalue weighted by Crippen LogP contribution is 2.23. The van der Waals surface area contributed by atoms with E-state index in [0.29, 0.717) is 5.75 Å². The zero-order chi connectivity index (χ0) is 11.3. The Bertz CT molecular complexity index is 404. The maximum atomic E-state index is 10.9. The molecule has 0 radical (unpaired) electrons. The number of hydrogen-bond donors (Lipinski definition) is 1. The molecular weight excluding hydrogens is 196 g/mol. The van der Waals surface area contributed by atoms with Gasteiger partial charge in [0.05, 0.1) is 7.11 Å². The summed E-state index contributed by atoms with van der Waals surface area (Å²) in [6.07, 6.45) is 5.01. The van der Waals surface area contributed by atoms with Crippen molar-refractivity contribution in [1.82, 2.24) is 0 Å². The van der Waals surface area contributed by atoms with Gasteiger partial charge in [0.15, 0.2) is 0 Å². The minimum absolute atomic E-state index is 0.0320. The van der Waals surface area contributed by atoms with E-state index in [2.05, 4.69) is 5.92 Å². The quantitative estimate of drug-likeness (QED) is 0.756. The molecule has 4 nitrogen and oxygen atoms in total. The largest absolute Gasteiger partial charge is 0.497 e. The Morgan fingerprint density at radius 3 is 2.87 bits per heavy atom. The number of rotatable bonds is 4. The van der Waals surface area contributed by atoms with E-state index < -0.39 is 5.97 Å². The number of methoxy groups -OCH3 is 1. The van der Waals surface area contributed by atoms with E-state index in [4.69, 9.17) is 21.0 Å². The number of terminal acetylenes is 1. The topological polar surface area (TPSA) is 55.8 Å². The molecule has 0 saturated heterocycles. The highest BCUT2D eigenvalue weighted by atomic mass is 16.5. The van der Waals surface area contributed by atoms with Crippen molar-refractivity contribution in [2.75, 3.05) is 13.7 Å². The van der Waals surface area contributed by atoms with Crippen LogP contribution in [0.25, 0.3) is 0 Å². The number of carbonyl (C=O) groups is 1. The lowest BCUT2D eigenvalue weighted by Gasteiger charge is -2.07. The van der Waals surface area contributed by atoms with E-state index in [1.165, 1.54) is 19.2 Å². The van der Waals surface area contributed by atoms with Gasteiger partial charge in [-0.05, 0) is 18.2 Å². The zero-order valence-electron chi connectivity index (χ0n) is 8.19. The van der Waals surface area contributed by atoms with Crippen molar-refractivity contribution in [3.05, 3.63) is 23.8 Å². The van der Waals surface area contributed by atoms with Crippen LogP contribution in [0, 0.1) is 12.3 Å². The van der Waals surface area contributed by atoms with E-state index in [1.807, 2.05) is 0 Å². The molecule has 1 rings (SSSR count). The first kappa shape index (κ1) is 10.9. The summed E-state index contributed by atoms with van der Waals surface area (Å²) in [5, 5.41) is 8.90. The van der Waals surface area contributed by atoms with E-state index in [0.717, 1.165) is 0 Å². The normalized spacial score (nSPS) is 9.07. The fourth-order valence-corrected chi connectivity index (χ4v) is 1.05. The summed E-state index contributed by atoms with van der Waals surface area (Å²) < 4.78 is 9.98. The van der Waals surface area contributed by atoms with E-state index in [1.54, 1.807) is 6.07 Å². The van der Waals surface area contributed by atoms with Gasteiger partial charge in [0.2, 0.25) is 0 Å². The molecule has 0 spiro atoms. The molecule has 0 bridgehead atoms. The van der Waals surface area contributed by atoms with Crippen LogP contribution in [-0.2, 0) is 0 Å². The molecule has 0 unspecified atom stereocenters. The van der Waals surface area contributed by atoms with E-state index in [-0.39, 0.29) is 17.9 Å². The molecule has 0 aliphatic rings. The fraction of sp³-hybridized carbons (Fsp3) is 0.182. The fourth-order valence-electron chi connectivity index (χ4n) is 1.05. The van der Waals surface area contributed by atoms with Crippen molar-refractivity contribution in [1.29, 1.82) is 0 Å². The summed E-state index contributed by atoms with van der Waals surface area (Å²) in [6, 6.07) is 4.51. The van der Waals surface area contributed by atoms with Crippen molar-refractivity contribution in [3.8, 4) is 23.8 Å². The molecule has 0 amide bonds. The van der Waals surface area contributed by atoms with Gasteiger partial charge in [0.25, 0.3) is 0 Å². The monoisotopic (exact) mass is 206 g/mol. The van der Waals surface area contributed by atoms with Crippen LogP contribution in [0.5, 0.6) is 11.5 Å². The van der Waals surface area contributed by atoms with Gasteiger partial charge < -0.3 is 14.6 Å². The molecule has 0 aromatic heterocycles. The summed E-state index contributed by atoms with van der Waals surface area (Å²) in [5.74, 6) is 1.88. The molecule has 78 valence electrons. The predicted octanol–water partition coefficient (Wildman–Crippen LogP) is 1.41. The van der Waals surface area contributed by atoms with Gasteiger partial charge in [-0.1, -0.05) is 5.92 Å². The third-order valence-corrected chi connectivity index (χ3v) is 1.73. The van der Waals surface area contributed by atoms with Gasteiger partial charge in [-0.2, -0.15) is 0 Å². The van der Waals surface area contributed by atoms with Crippen molar-refractivity contribution in [2.24, 2.45) is 0 Å². The molecule has 15 heavy (non-hydrogen) atoms. The van der Waals surface area contributed by atoms with E-state index in [9.17, 15) is 4.79 Å². The van der Waals surface area contributed by atoms with Gasteiger partial charge in [-0.3, -0.25) is 0 Å². The van der Waals surface area contributed by atoms with Gasteiger partial charge in [-0.15, -0.1) is 6.42 Å². The maximum Gasteiger partial charge on any atom is 0.339 e. The third kappa shape index (κ3) is 2.64. The SMILES string of the molecule is C#CCOc1ccc(OC)cc1C(=O)O. The van der Waals surface area contributed by atoms with Crippen molar-refractivity contribution in [2.45, 2.75) is 0 Å². The molecule has 0 aliphatic carbocycles. The molecule has 0 fully saturated rings. The van der Waals surface area contributed by atoms with Gasteiger partial charge >= 0.3 is 5.97 Å². The highest BCUT2D eigenvalue weighted by Gasteiger charge is 2.12. The Morgan fingerprint density at radius 2 is 2.33 bits per heavy atom. The minimum atomic E-state index is -1.08. The Hall–Kier alpha value is -2.15. The lowest BCUT2D eigenvalue weighted by Crippen LogP contribution is -2.03. The van der Waals surface area contributed by atoms with Crippen LogP contribution >= 0.6 is 0 Å². The van der Waals surface area contributed by atoms with Crippen molar-refractivity contribution >= 4 is 5.97 Å². The van der Waals surface area contributed by atoms with Gasteiger partial charge in [-0.25, -0.2) is 4.79 Å². The summed E-state index contributed by atoms with van der Waals surface area (Å²) in [4.78, 5) is 10.9. The van der Waals surface area contributed by atoms with Crippen LogP contribution in [0.15, 0.2) is 18.2 Å². The number of aromatic carboxylic acids is 1. The number of hydrogen-bond acceptors (Lipinski definition) is 3.